The van der Waals surface area contributed by atoms with E-state index in [-0.39, 0.29) is 5.56 Å². The van der Waals surface area contributed by atoms with Crippen molar-refractivity contribution < 1.29 is 0 Å². The third-order valence-electron chi connectivity index (χ3n) is 2.05. The zero-order valence-electron chi connectivity index (χ0n) is 8.48. The summed E-state index contributed by atoms with van der Waals surface area (Å²) >= 11 is 4.58. The summed E-state index contributed by atoms with van der Waals surface area (Å²) in [5.41, 5.74) is 6.11. The molecule has 0 amide bonds. The van der Waals surface area contributed by atoms with Gasteiger partial charge in [-0.05, 0) is 22.9 Å². The van der Waals surface area contributed by atoms with Crippen LogP contribution >= 0.6 is 27.3 Å². The lowest BCUT2D eigenvalue weighted by atomic mass is 10.4. The third kappa shape index (κ3) is 2.14. The van der Waals surface area contributed by atoms with Gasteiger partial charge < -0.3 is 5.73 Å². The fourth-order valence-corrected chi connectivity index (χ4v) is 2.24. The Kier molecular flexibility index (Phi) is 3.06. The van der Waals surface area contributed by atoms with Crippen LogP contribution in [0.4, 0.5) is 5.13 Å². The van der Waals surface area contributed by atoms with Crippen LogP contribution in [0.3, 0.4) is 0 Å². The maximum Gasteiger partial charge on any atom is 0.268 e. The summed E-state index contributed by atoms with van der Waals surface area (Å²) in [6.07, 6.45) is 3.19. The van der Waals surface area contributed by atoms with Gasteiger partial charge in [-0.15, -0.1) is 11.3 Å². The van der Waals surface area contributed by atoms with Crippen molar-refractivity contribution in [3.63, 3.8) is 0 Å². The molecule has 0 unspecified atom stereocenters. The molecule has 2 heterocycles. The first-order valence-electron chi connectivity index (χ1n) is 4.49. The molecule has 84 valence electrons. The molecule has 2 N–H and O–H groups in total. The average Bonchev–Trinajstić information content (AvgIpc) is 2.65. The Bertz CT molecular complexity index is 577. The zero-order valence-corrected chi connectivity index (χ0v) is 10.9. The first kappa shape index (κ1) is 11.3. The lowest BCUT2D eigenvalue weighted by Gasteiger charge is -2.04. The highest BCUT2D eigenvalue weighted by Gasteiger charge is 2.07. The number of thiazole rings is 1. The van der Waals surface area contributed by atoms with Crippen molar-refractivity contribution >= 4 is 32.4 Å². The fraction of sp³-hybridized carbons (Fsp3) is 0.222. The first-order valence-corrected chi connectivity index (χ1v) is 6.10. The zero-order chi connectivity index (χ0) is 11.7. The number of rotatable bonds is 2. The second kappa shape index (κ2) is 4.34. The van der Waals surface area contributed by atoms with Gasteiger partial charge in [0.05, 0.1) is 18.6 Å². The molecular weight excluding hydrogens is 292 g/mol. The summed E-state index contributed by atoms with van der Waals surface area (Å²) in [4.78, 5) is 20.8. The second-order valence-electron chi connectivity index (χ2n) is 3.24. The van der Waals surface area contributed by atoms with E-state index in [1.807, 2.05) is 0 Å². The van der Waals surface area contributed by atoms with Crippen LogP contribution in [-0.4, -0.2) is 14.5 Å². The Morgan fingerprint density at radius 2 is 2.31 bits per heavy atom. The van der Waals surface area contributed by atoms with E-state index >= 15 is 0 Å². The summed E-state index contributed by atoms with van der Waals surface area (Å²) in [5, 5.41) is 0.502. The number of nitrogens with two attached hydrogens (primary N) is 1. The predicted octanol–water partition coefficient (Wildman–Crippen LogP) is 1.40. The third-order valence-corrected chi connectivity index (χ3v) is 3.78. The monoisotopic (exact) mass is 300 g/mol. The van der Waals surface area contributed by atoms with E-state index in [0.29, 0.717) is 21.8 Å². The molecule has 0 bridgehead atoms. The minimum Gasteiger partial charge on any atom is -0.375 e. The smallest absolute Gasteiger partial charge is 0.268 e. The standard InChI is InChI=1S/C9H9BrN4OS/c1-5-7(10)8(15)14(4-13-5)3-6-2-12-9(11)16-6/h2,4H,3H2,1H3,(H2,11,12). The molecule has 0 aliphatic carbocycles. The fourth-order valence-electron chi connectivity index (χ4n) is 1.22. The summed E-state index contributed by atoms with van der Waals surface area (Å²) in [7, 11) is 0. The van der Waals surface area contributed by atoms with Gasteiger partial charge in [0.2, 0.25) is 0 Å². The van der Waals surface area contributed by atoms with E-state index in [4.69, 9.17) is 5.73 Å². The summed E-state index contributed by atoms with van der Waals surface area (Å²) < 4.78 is 2.01. The largest absolute Gasteiger partial charge is 0.375 e. The van der Waals surface area contributed by atoms with E-state index in [2.05, 4.69) is 25.9 Å². The lowest BCUT2D eigenvalue weighted by Crippen LogP contribution is -2.22. The molecule has 0 spiro atoms. The molecular formula is C9H9BrN4OS. The molecule has 0 fully saturated rings. The van der Waals surface area contributed by atoms with Gasteiger partial charge in [0.1, 0.15) is 4.47 Å². The minimum absolute atomic E-state index is 0.0977. The van der Waals surface area contributed by atoms with Crippen LogP contribution in [0.2, 0.25) is 0 Å². The van der Waals surface area contributed by atoms with E-state index in [1.165, 1.54) is 22.2 Å². The molecule has 2 aromatic heterocycles. The van der Waals surface area contributed by atoms with Crippen molar-refractivity contribution in [3.05, 3.63) is 37.9 Å². The predicted molar refractivity (Wildman–Crippen MR) is 66.6 cm³/mol. The minimum atomic E-state index is -0.0977. The molecule has 0 aliphatic heterocycles. The topological polar surface area (TPSA) is 73.8 Å². The molecule has 0 atom stereocenters. The van der Waals surface area contributed by atoms with Crippen molar-refractivity contribution in [2.45, 2.75) is 13.5 Å². The normalized spacial score (nSPS) is 10.6. The highest BCUT2D eigenvalue weighted by atomic mass is 79.9. The van der Waals surface area contributed by atoms with Gasteiger partial charge in [-0.3, -0.25) is 9.36 Å². The quantitative estimate of drug-likeness (QED) is 0.910. The van der Waals surface area contributed by atoms with E-state index < -0.39 is 0 Å². The number of nitrogens with zero attached hydrogens (tertiary/aromatic N) is 3. The Hall–Kier alpha value is -1.21. The number of halogens is 1. The number of anilines is 1. The van der Waals surface area contributed by atoms with Crippen LogP contribution in [0.1, 0.15) is 10.6 Å². The molecule has 0 aliphatic rings. The number of nitrogen functional groups attached to an aromatic ring is 1. The molecule has 0 saturated carbocycles. The van der Waals surface area contributed by atoms with E-state index in [9.17, 15) is 4.79 Å². The molecule has 0 aromatic carbocycles. The van der Waals surface area contributed by atoms with Crippen molar-refractivity contribution in [1.29, 1.82) is 0 Å². The van der Waals surface area contributed by atoms with E-state index in [0.717, 1.165) is 4.88 Å². The summed E-state index contributed by atoms with van der Waals surface area (Å²) in [6.45, 7) is 2.22. The molecule has 0 radical (unpaired) electrons. The number of aromatic nitrogens is 3. The van der Waals surface area contributed by atoms with Crippen LogP contribution in [0.5, 0.6) is 0 Å². The number of aryl methyl sites for hydroxylation is 1. The molecule has 2 aromatic rings. The van der Waals surface area contributed by atoms with Crippen LogP contribution in [0.25, 0.3) is 0 Å². The first-order chi connectivity index (χ1) is 7.58. The Morgan fingerprint density at radius 1 is 1.56 bits per heavy atom. The average molecular weight is 301 g/mol. The lowest BCUT2D eigenvalue weighted by molar-refractivity contribution is 0.732. The van der Waals surface area contributed by atoms with Gasteiger partial charge in [0.25, 0.3) is 5.56 Å². The van der Waals surface area contributed by atoms with E-state index in [1.54, 1.807) is 13.1 Å². The van der Waals surface area contributed by atoms with Gasteiger partial charge in [-0.1, -0.05) is 0 Å². The Morgan fingerprint density at radius 3 is 2.94 bits per heavy atom. The van der Waals surface area contributed by atoms with Crippen molar-refractivity contribution in [2.24, 2.45) is 0 Å². The number of hydrogen-bond donors (Lipinski definition) is 1. The van der Waals surface area contributed by atoms with Crippen LogP contribution in [0.15, 0.2) is 21.8 Å². The van der Waals surface area contributed by atoms with Crippen LogP contribution in [0, 0.1) is 6.92 Å². The van der Waals surface area contributed by atoms with Gasteiger partial charge in [0.15, 0.2) is 5.13 Å². The van der Waals surface area contributed by atoms with Gasteiger partial charge >= 0.3 is 0 Å². The van der Waals surface area contributed by atoms with Gasteiger partial charge in [-0.25, -0.2) is 9.97 Å². The van der Waals surface area contributed by atoms with Gasteiger partial charge in [-0.2, -0.15) is 0 Å². The molecule has 0 saturated heterocycles. The second-order valence-corrected chi connectivity index (χ2v) is 5.18. The van der Waals surface area contributed by atoms with Crippen molar-refractivity contribution in [1.82, 2.24) is 14.5 Å². The summed E-state index contributed by atoms with van der Waals surface area (Å²) in [6, 6.07) is 0. The molecule has 16 heavy (non-hydrogen) atoms. The molecule has 2 rings (SSSR count). The highest BCUT2D eigenvalue weighted by molar-refractivity contribution is 9.10. The highest BCUT2D eigenvalue weighted by Crippen LogP contribution is 2.15. The Labute approximate surface area is 104 Å². The number of hydrogen-bond acceptors (Lipinski definition) is 5. The van der Waals surface area contributed by atoms with Crippen molar-refractivity contribution in [2.75, 3.05) is 5.73 Å². The summed E-state index contributed by atoms with van der Waals surface area (Å²) in [5.74, 6) is 0. The maximum atomic E-state index is 11.8. The molecule has 5 nitrogen and oxygen atoms in total. The van der Waals surface area contributed by atoms with Crippen molar-refractivity contribution in [3.8, 4) is 0 Å². The maximum absolute atomic E-state index is 11.8. The SMILES string of the molecule is Cc1ncn(Cc2cnc(N)s2)c(=O)c1Br. The van der Waals surface area contributed by atoms with Crippen LogP contribution < -0.4 is 11.3 Å². The Balaban J connectivity index is 2.36. The van der Waals surface area contributed by atoms with Gasteiger partial charge in [0, 0.05) is 11.1 Å². The van der Waals surface area contributed by atoms with Crippen LogP contribution in [-0.2, 0) is 6.54 Å². The molecule has 7 heteroatoms.